The molecule has 4 N–H and O–H groups in total. The van der Waals surface area contributed by atoms with Crippen molar-refractivity contribution < 1.29 is 4.74 Å². The summed E-state index contributed by atoms with van der Waals surface area (Å²) in [5.74, 6) is 0.768. The summed E-state index contributed by atoms with van der Waals surface area (Å²) >= 11 is 5.78. The maximum atomic E-state index is 7.37. The first-order chi connectivity index (χ1) is 13.1. The van der Waals surface area contributed by atoms with Crippen LogP contribution in [0.1, 0.15) is 11.3 Å². The van der Waals surface area contributed by atoms with E-state index in [9.17, 15) is 0 Å². The molecule has 1 aromatic heterocycles. The van der Waals surface area contributed by atoms with Gasteiger partial charge in [-0.3, -0.25) is 4.68 Å². The molecule has 0 spiro atoms. The number of rotatable bonds is 4. The average molecular weight is 380 g/mol. The number of allylic oxidation sites excluding steroid dienone is 1. The van der Waals surface area contributed by atoms with Crippen LogP contribution in [0.15, 0.2) is 65.5 Å². The van der Waals surface area contributed by atoms with Crippen molar-refractivity contribution in [3.8, 4) is 17.0 Å². The lowest BCUT2D eigenvalue weighted by Crippen LogP contribution is -2.07. The molecule has 4 rings (SSSR count). The number of aromatic nitrogens is 2. The summed E-state index contributed by atoms with van der Waals surface area (Å²) in [7, 11) is 0. The number of hydrogen-bond donors (Lipinski definition) is 3. The molecule has 0 unspecified atom stereocenters. The van der Waals surface area contributed by atoms with Crippen molar-refractivity contribution in [2.24, 2.45) is 5.73 Å². The third-order valence-electron chi connectivity index (χ3n) is 4.38. The molecule has 0 radical (unpaired) electrons. The lowest BCUT2D eigenvalue weighted by atomic mass is 10.1. The van der Waals surface area contributed by atoms with Gasteiger partial charge in [0.15, 0.2) is 0 Å². The molecule has 136 valence electrons. The zero-order valence-corrected chi connectivity index (χ0v) is 15.2. The Morgan fingerprint density at radius 1 is 1.22 bits per heavy atom. The summed E-state index contributed by atoms with van der Waals surface area (Å²) in [6, 6.07) is 17.9. The second kappa shape index (κ2) is 7.17. The highest BCUT2D eigenvalue weighted by atomic mass is 35.5. The smallest absolute Gasteiger partial charge is 0.130 e. The Kier molecular flexibility index (Phi) is 4.56. The van der Waals surface area contributed by atoms with Gasteiger partial charge in [-0.2, -0.15) is 5.10 Å². The molecule has 0 aliphatic carbocycles. The van der Waals surface area contributed by atoms with Gasteiger partial charge in [-0.25, -0.2) is 0 Å². The predicted octanol–water partition coefficient (Wildman–Crippen LogP) is 3.92. The Balaban J connectivity index is 1.61. The largest absolute Gasteiger partial charge is 0.487 e. The maximum absolute atomic E-state index is 7.37. The molecule has 0 amide bonds. The van der Waals surface area contributed by atoms with Crippen LogP contribution in [0.2, 0.25) is 0 Å². The number of hydrogen-bond acceptors (Lipinski definition) is 5. The Hall–Kier alpha value is -3.25. The van der Waals surface area contributed by atoms with E-state index < -0.39 is 0 Å². The quantitative estimate of drug-likeness (QED) is 0.473. The highest BCUT2D eigenvalue weighted by molar-refractivity contribution is 6.30. The fourth-order valence-corrected chi connectivity index (χ4v) is 3.09. The Bertz CT molecular complexity index is 1020. The summed E-state index contributed by atoms with van der Waals surface area (Å²) in [6.07, 6.45) is 1.08. The highest BCUT2D eigenvalue weighted by Crippen LogP contribution is 2.30. The normalized spacial score (nSPS) is 13.5. The molecule has 0 saturated carbocycles. The van der Waals surface area contributed by atoms with Crippen LogP contribution in [-0.2, 0) is 13.2 Å². The van der Waals surface area contributed by atoms with Gasteiger partial charge in [0.2, 0.25) is 0 Å². The third-order valence-corrected chi connectivity index (χ3v) is 4.58. The van der Waals surface area contributed by atoms with Crippen molar-refractivity contribution in [3.63, 3.8) is 0 Å². The van der Waals surface area contributed by atoms with Gasteiger partial charge in [-0.1, -0.05) is 48.0 Å². The minimum absolute atomic E-state index is 0.0365. The number of nitrogens with one attached hydrogen (secondary N) is 2. The van der Waals surface area contributed by atoms with E-state index in [4.69, 9.17) is 32.6 Å². The van der Waals surface area contributed by atoms with Crippen molar-refractivity contribution in [3.05, 3.63) is 76.7 Å². The van der Waals surface area contributed by atoms with Crippen LogP contribution in [-0.4, -0.2) is 16.0 Å². The van der Waals surface area contributed by atoms with E-state index >= 15 is 0 Å². The Labute approximate surface area is 161 Å². The zero-order chi connectivity index (χ0) is 18.8. The van der Waals surface area contributed by atoms with Crippen LogP contribution in [0.25, 0.3) is 11.3 Å². The maximum Gasteiger partial charge on any atom is 0.130 e. The van der Waals surface area contributed by atoms with Crippen molar-refractivity contribution in [2.45, 2.75) is 13.2 Å². The van der Waals surface area contributed by atoms with Gasteiger partial charge in [0, 0.05) is 29.1 Å². The van der Waals surface area contributed by atoms with Crippen LogP contribution >= 0.6 is 11.6 Å². The Morgan fingerprint density at radius 3 is 2.78 bits per heavy atom. The van der Waals surface area contributed by atoms with Crippen molar-refractivity contribution >= 4 is 23.5 Å². The second-order valence-corrected chi connectivity index (χ2v) is 6.59. The first kappa shape index (κ1) is 17.2. The number of fused-ring (bicyclic) bond motifs is 2. The van der Waals surface area contributed by atoms with E-state index in [0.29, 0.717) is 18.8 Å². The molecule has 0 fully saturated rings. The summed E-state index contributed by atoms with van der Waals surface area (Å²) < 4.78 is 7.98. The third kappa shape index (κ3) is 3.52. The van der Waals surface area contributed by atoms with E-state index in [1.54, 1.807) is 0 Å². The number of nitrogens with zero attached hydrogens (tertiary/aromatic N) is 2. The first-order valence-corrected chi connectivity index (χ1v) is 8.82. The number of halogens is 1. The lowest BCUT2D eigenvalue weighted by Gasteiger charge is -2.12. The molecule has 0 bridgehead atoms. The molecule has 2 heterocycles. The van der Waals surface area contributed by atoms with Gasteiger partial charge in [0.1, 0.15) is 17.5 Å². The average Bonchev–Trinajstić information content (AvgIpc) is 3.01. The molecule has 3 aromatic rings. The first-order valence-electron chi connectivity index (χ1n) is 8.44. The lowest BCUT2D eigenvalue weighted by molar-refractivity contribution is 0.302. The van der Waals surface area contributed by atoms with E-state index in [-0.39, 0.29) is 5.16 Å². The number of nitrogens with two attached hydrogens (primary N) is 1. The van der Waals surface area contributed by atoms with Gasteiger partial charge in [-0.05, 0) is 12.1 Å². The van der Waals surface area contributed by atoms with E-state index in [0.717, 1.165) is 40.2 Å². The molecule has 2 aromatic carbocycles. The number of anilines is 1. The van der Waals surface area contributed by atoms with Gasteiger partial charge in [0.05, 0.1) is 23.6 Å². The van der Waals surface area contributed by atoms with Crippen LogP contribution in [0.5, 0.6) is 5.75 Å². The second-order valence-electron chi connectivity index (χ2n) is 6.19. The minimum Gasteiger partial charge on any atom is -0.487 e. The topological polar surface area (TPSA) is 89.0 Å². The summed E-state index contributed by atoms with van der Waals surface area (Å²) in [4.78, 5) is 0. The fourth-order valence-electron chi connectivity index (χ4n) is 2.99. The highest BCUT2D eigenvalue weighted by Gasteiger charge is 2.17. The van der Waals surface area contributed by atoms with Gasteiger partial charge in [-0.15, -0.1) is 0 Å². The van der Waals surface area contributed by atoms with Gasteiger partial charge < -0.3 is 21.2 Å². The summed E-state index contributed by atoms with van der Waals surface area (Å²) in [6.45, 7) is 1.06. The van der Waals surface area contributed by atoms with Crippen LogP contribution in [0.3, 0.4) is 0 Å². The Morgan fingerprint density at radius 2 is 2.04 bits per heavy atom. The van der Waals surface area contributed by atoms with E-state index in [1.807, 2.05) is 53.2 Å². The van der Waals surface area contributed by atoms with Crippen molar-refractivity contribution in [1.29, 1.82) is 5.41 Å². The number of ether oxygens (including phenoxy) is 1. The molecule has 1 aliphatic heterocycles. The molecule has 0 saturated heterocycles. The molecular formula is C20H18ClN5O. The standard InChI is InChI=1S/C20H18ClN5O/c21-20(23)18(10-22)24-15-7-6-14-11-26-16(12-27-19(14)8-15)9-17(25-26)13-4-2-1-3-5-13/h1-10,22,24H,11-12,23H2/b20-18+,22-10?. The van der Waals surface area contributed by atoms with E-state index in [2.05, 4.69) is 11.4 Å². The molecular weight excluding hydrogens is 362 g/mol. The summed E-state index contributed by atoms with van der Waals surface area (Å²) in [5, 5.41) is 15.2. The molecule has 7 heteroatoms. The van der Waals surface area contributed by atoms with Crippen LogP contribution in [0, 0.1) is 5.41 Å². The minimum atomic E-state index is 0.0365. The molecule has 27 heavy (non-hydrogen) atoms. The number of benzene rings is 2. The SMILES string of the molecule is N=C/C(Nc1ccc2c(c1)OCc1cc(-c3ccccc3)nn1C2)=C(\N)Cl. The van der Waals surface area contributed by atoms with Crippen LogP contribution in [0.4, 0.5) is 5.69 Å². The van der Waals surface area contributed by atoms with Crippen molar-refractivity contribution in [1.82, 2.24) is 9.78 Å². The predicted molar refractivity (Wildman–Crippen MR) is 107 cm³/mol. The van der Waals surface area contributed by atoms with Crippen molar-refractivity contribution in [2.75, 3.05) is 5.32 Å². The summed E-state index contributed by atoms with van der Waals surface area (Å²) in [5.41, 5.74) is 10.7. The van der Waals surface area contributed by atoms with Crippen LogP contribution < -0.4 is 15.8 Å². The monoisotopic (exact) mass is 379 g/mol. The molecule has 6 nitrogen and oxygen atoms in total. The fraction of sp³-hybridized carbons (Fsp3) is 0.100. The zero-order valence-electron chi connectivity index (χ0n) is 14.4. The molecule has 0 atom stereocenters. The van der Waals surface area contributed by atoms with E-state index in [1.165, 1.54) is 0 Å². The van der Waals surface area contributed by atoms with Gasteiger partial charge >= 0.3 is 0 Å². The van der Waals surface area contributed by atoms with Gasteiger partial charge in [0.25, 0.3) is 0 Å². The molecule has 1 aliphatic rings.